The highest BCUT2D eigenvalue weighted by Crippen LogP contribution is 2.36. The third kappa shape index (κ3) is 2.77. The Hall–Kier alpha value is -2.02. The topological polar surface area (TPSA) is 99.6 Å². The second-order valence-electron chi connectivity index (χ2n) is 5.29. The van der Waals surface area contributed by atoms with Crippen LogP contribution in [0.1, 0.15) is 30.3 Å². The summed E-state index contributed by atoms with van der Waals surface area (Å²) in [5.74, 6) is 2.11. The van der Waals surface area contributed by atoms with Gasteiger partial charge in [0.05, 0.1) is 6.10 Å². The van der Waals surface area contributed by atoms with Crippen molar-refractivity contribution in [3.05, 3.63) is 30.2 Å². The number of aryl methyl sites for hydroxylation is 1. The molecule has 2 aromatic heterocycles. The molecule has 0 saturated heterocycles. The van der Waals surface area contributed by atoms with Gasteiger partial charge in [-0.05, 0) is 19.8 Å². The van der Waals surface area contributed by atoms with Crippen LogP contribution >= 0.6 is 0 Å². The smallest absolute Gasteiger partial charge is 0.137 e. The second kappa shape index (κ2) is 5.54. The van der Waals surface area contributed by atoms with E-state index in [1.54, 1.807) is 6.33 Å². The molecule has 7 nitrogen and oxygen atoms in total. The average molecular weight is 274 g/mol. The standard InChI is InChI=1S/C13H18N6O/c1-8-2-12(16-6-15-8)14-5-10-3-9(4-11(10)20)13-17-7-18-19-13/h2,6-7,9-11,20H,3-5H2,1H3,(H,14,15,16)(H,17,18,19)/t9-,10+,11+/m1/s1. The van der Waals surface area contributed by atoms with Gasteiger partial charge in [-0.15, -0.1) is 0 Å². The Labute approximate surface area is 116 Å². The van der Waals surface area contributed by atoms with Gasteiger partial charge in [0.2, 0.25) is 0 Å². The molecule has 106 valence electrons. The molecule has 0 aliphatic heterocycles. The third-order valence-corrected chi connectivity index (χ3v) is 3.83. The van der Waals surface area contributed by atoms with E-state index in [4.69, 9.17) is 0 Å². The van der Waals surface area contributed by atoms with E-state index in [0.717, 1.165) is 30.2 Å². The number of aliphatic hydroxyl groups is 1. The fourth-order valence-corrected chi connectivity index (χ4v) is 2.74. The molecule has 0 bridgehead atoms. The van der Waals surface area contributed by atoms with Crippen molar-refractivity contribution in [1.29, 1.82) is 0 Å². The lowest BCUT2D eigenvalue weighted by Gasteiger charge is -2.15. The van der Waals surface area contributed by atoms with E-state index in [0.29, 0.717) is 6.54 Å². The molecule has 3 atom stereocenters. The number of nitrogens with zero attached hydrogens (tertiary/aromatic N) is 4. The first kappa shape index (κ1) is 13.0. The molecule has 20 heavy (non-hydrogen) atoms. The summed E-state index contributed by atoms with van der Waals surface area (Å²) < 4.78 is 0. The summed E-state index contributed by atoms with van der Waals surface area (Å²) >= 11 is 0. The summed E-state index contributed by atoms with van der Waals surface area (Å²) in [6, 6.07) is 1.90. The van der Waals surface area contributed by atoms with Crippen LogP contribution < -0.4 is 5.32 Å². The van der Waals surface area contributed by atoms with Gasteiger partial charge in [0.25, 0.3) is 0 Å². The molecule has 0 radical (unpaired) electrons. The van der Waals surface area contributed by atoms with Crippen LogP contribution in [0.25, 0.3) is 0 Å². The molecule has 3 N–H and O–H groups in total. The maximum absolute atomic E-state index is 10.2. The van der Waals surface area contributed by atoms with Crippen molar-refractivity contribution >= 4 is 5.82 Å². The molecule has 0 amide bonds. The lowest BCUT2D eigenvalue weighted by atomic mass is 10.0. The maximum Gasteiger partial charge on any atom is 0.137 e. The molecule has 1 fully saturated rings. The maximum atomic E-state index is 10.2. The van der Waals surface area contributed by atoms with Gasteiger partial charge in [0.15, 0.2) is 0 Å². The largest absolute Gasteiger partial charge is 0.393 e. The van der Waals surface area contributed by atoms with Crippen molar-refractivity contribution in [1.82, 2.24) is 25.1 Å². The van der Waals surface area contributed by atoms with Crippen LogP contribution in [0.3, 0.4) is 0 Å². The summed E-state index contributed by atoms with van der Waals surface area (Å²) in [6.07, 6.45) is 4.36. The Morgan fingerprint density at radius 3 is 2.95 bits per heavy atom. The van der Waals surface area contributed by atoms with E-state index >= 15 is 0 Å². The van der Waals surface area contributed by atoms with Crippen LogP contribution in [0.4, 0.5) is 5.82 Å². The fraction of sp³-hybridized carbons (Fsp3) is 0.538. The van der Waals surface area contributed by atoms with Crippen LogP contribution in [-0.2, 0) is 0 Å². The Balaban J connectivity index is 1.58. The first-order chi connectivity index (χ1) is 9.72. The first-order valence-corrected chi connectivity index (χ1v) is 6.78. The summed E-state index contributed by atoms with van der Waals surface area (Å²) in [7, 11) is 0. The molecular weight excluding hydrogens is 256 g/mol. The number of aliphatic hydroxyl groups excluding tert-OH is 1. The van der Waals surface area contributed by atoms with Gasteiger partial charge >= 0.3 is 0 Å². The van der Waals surface area contributed by atoms with Crippen LogP contribution in [0.15, 0.2) is 18.7 Å². The van der Waals surface area contributed by atoms with E-state index in [1.807, 2.05) is 13.0 Å². The molecule has 3 rings (SSSR count). The predicted octanol–water partition coefficient (Wildman–Crippen LogP) is 0.870. The second-order valence-corrected chi connectivity index (χ2v) is 5.29. The highest BCUT2D eigenvalue weighted by Gasteiger charge is 2.35. The highest BCUT2D eigenvalue weighted by molar-refractivity contribution is 5.34. The van der Waals surface area contributed by atoms with Crippen LogP contribution in [0.2, 0.25) is 0 Å². The van der Waals surface area contributed by atoms with Crippen LogP contribution in [0, 0.1) is 12.8 Å². The summed E-state index contributed by atoms with van der Waals surface area (Å²) in [4.78, 5) is 12.4. The van der Waals surface area contributed by atoms with Crippen molar-refractivity contribution < 1.29 is 5.11 Å². The Kier molecular flexibility index (Phi) is 3.60. The van der Waals surface area contributed by atoms with Crippen molar-refractivity contribution in [3.8, 4) is 0 Å². The average Bonchev–Trinajstić information content (AvgIpc) is 3.06. The molecule has 0 aromatic carbocycles. The molecule has 1 saturated carbocycles. The van der Waals surface area contributed by atoms with E-state index in [9.17, 15) is 5.11 Å². The number of nitrogens with one attached hydrogen (secondary N) is 2. The first-order valence-electron chi connectivity index (χ1n) is 6.78. The number of rotatable bonds is 4. The summed E-state index contributed by atoms with van der Waals surface area (Å²) in [6.45, 7) is 2.62. The third-order valence-electron chi connectivity index (χ3n) is 3.83. The zero-order valence-electron chi connectivity index (χ0n) is 11.3. The van der Waals surface area contributed by atoms with Gasteiger partial charge in [-0.2, -0.15) is 5.10 Å². The number of hydrogen-bond acceptors (Lipinski definition) is 6. The van der Waals surface area contributed by atoms with E-state index in [1.165, 1.54) is 6.33 Å². The van der Waals surface area contributed by atoms with Gasteiger partial charge in [-0.3, -0.25) is 5.10 Å². The van der Waals surface area contributed by atoms with Gasteiger partial charge in [-0.1, -0.05) is 0 Å². The molecule has 2 heterocycles. The molecule has 0 unspecified atom stereocenters. The number of aromatic amines is 1. The Morgan fingerprint density at radius 1 is 1.30 bits per heavy atom. The van der Waals surface area contributed by atoms with Crippen molar-refractivity contribution in [3.63, 3.8) is 0 Å². The van der Waals surface area contributed by atoms with Gasteiger partial charge in [-0.25, -0.2) is 15.0 Å². The normalized spacial score (nSPS) is 25.8. The van der Waals surface area contributed by atoms with Crippen LogP contribution in [-0.4, -0.2) is 42.9 Å². The molecule has 1 aliphatic carbocycles. The van der Waals surface area contributed by atoms with Crippen molar-refractivity contribution in [2.45, 2.75) is 31.8 Å². The number of H-pyrrole nitrogens is 1. The lowest BCUT2D eigenvalue weighted by Crippen LogP contribution is -2.22. The Bertz CT molecular complexity index is 558. The molecule has 0 spiro atoms. The van der Waals surface area contributed by atoms with Crippen molar-refractivity contribution in [2.75, 3.05) is 11.9 Å². The quantitative estimate of drug-likeness (QED) is 0.765. The number of anilines is 1. The van der Waals surface area contributed by atoms with E-state index in [2.05, 4.69) is 30.5 Å². The zero-order chi connectivity index (χ0) is 13.9. The monoisotopic (exact) mass is 274 g/mol. The van der Waals surface area contributed by atoms with Crippen LogP contribution in [0.5, 0.6) is 0 Å². The molecule has 1 aliphatic rings. The molecule has 7 heteroatoms. The van der Waals surface area contributed by atoms with E-state index in [-0.39, 0.29) is 17.9 Å². The highest BCUT2D eigenvalue weighted by atomic mass is 16.3. The minimum absolute atomic E-state index is 0.195. The number of aromatic nitrogens is 5. The minimum Gasteiger partial charge on any atom is -0.393 e. The Morgan fingerprint density at radius 2 is 2.20 bits per heavy atom. The zero-order valence-corrected chi connectivity index (χ0v) is 11.3. The van der Waals surface area contributed by atoms with Crippen molar-refractivity contribution in [2.24, 2.45) is 5.92 Å². The fourth-order valence-electron chi connectivity index (χ4n) is 2.74. The molecule has 2 aromatic rings. The van der Waals surface area contributed by atoms with Gasteiger partial charge < -0.3 is 10.4 Å². The summed E-state index contributed by atoms with van der Waals surface area (Å²) in [5.41, 5.74) is 0.925. The number of hydrogen-bond donors (Lipinski definition) is 3. The SMILES string of the molecule is Cc1cc(NC[C@@H]2C[C@@H](c3ncn[nH]3)C[C@@H]2O)ncn1. The van der Waals surface area contributed by atoms with Gasteiger partial charge in [0.1, 0.15) is 24.3 Å². The van der Waals surface area contributed by atoms with Gasteiger partial charge in [0, 0.05) is 30.1 Å². The predicted molar refractivity (Wildman–Crippen MR) is 73.1 cm³/mol. The summed E-state index contributed by atoms with van der Waals surface area (Å²) in [5, 5.41) is 20.2. The minimum atomic E-state index is -0.319. The lowest BCUT2D eigenvalue weighted by molar-refractivity contribution is 0.137. The molecular formula is C13H18N6O. The van der Waals surface area contributed by atoms with E-state index < -0.39 is 0 Å².